The molecule has 114 valence electrons. The number of rotatable bonds is 4. The highest BCUT2D eigenvalue weighted by atomic mass is 32.2. The van der Waals surface area contributed by atoms with Gasteiger partial charge in [0.1, 0.15) is 5.82 Å². The van der Waals surface area contributed by atoms with Gasteiger partial charge in [0, 0.05) is 32.9 Å². The van der Waals surface area contributed by atoms with E-state index in [4.69, 9.17) is 5.11 Å². The Kier molecular flexibility index (Phi) is 4.51. The normalized spacial score (nSPS) is 24.2. The summed E-state index contributed by atoms with van der Waals surface area (Å²) in [5, 5.41) is 9.26. The first kappa shape index (κ1) is 15.5. The van der Waals surface area contributed by atoms with E-state index in [1.807, 2.05) is 0 Å². The number of nitrogens with zero attached hydrogens (tertiary/aromatic N) is 3. The molecule has 1 fully saturated rings. The van der Waals surface area contributed by atoms with Crippen LogP contribution in [0.3, 0.4) is 0 Å². The van der Waals surface area contributed by atoms with Crippen molar-refractivity contribution in [1.82, 2.24) is 13.9 Å². The van der Waals surface area contributed by atoms with Gasteiger partial charge in [0.15, 0.2) is 5.03 Å². The average Bonchev–Trinajstić information content (AvgIpc) is 2.78. The first-order valence-electron chi connectivity index (χ1n) is 6.95. The molecule has 0 saturated heterocycles. The SMILES string of the molecule is Cc1nc(S(=O)(=O)N(C)C2CCC(CO)CC2)cn1C. The van der Waals surface area contributed by atoms with Crippen molar-refractivity contribution in [3.05, 3.63) is 12.0 Å². The number of hydrogen-bond acceptors (Lipinski definition) is 4. The predicted octanol–water partition coefficient (Wildman–Crippen LogP) is 0.900. The second-order valence-corrected chi connectivity index (χ2v) is 7.56. The van der Waals surface area contributed by atoms with E-state index in [0.29, 0.717) is 11.7 Å². The molecule has 0 radical (unpaired) electrons. The summed E-state index contributed by atoms with van der Waals surface area (Å²) >= 11 is 0. The molecule has 1 aromatic rings. The Morgan fingerprint density at radius 1 is 1.40 bits per heavy atom. The van der Waals surface area contributed by atoms with E-state index in [9.17, 15) is 8.42 Å². The summed E-state index contributed by atoms with van der Waals surface area (Å²) in [6.07, 6.45) is 4.91. The lowest BCUT2D eigenvalue weighted by molar-refractivity contribution is 0.159. The van der Waals surface area contributed by atoms with Crippen molar-refractivity contribution in [2.45, 2.75) is 43.7 Å². The van der Waals surface area contributed by atoms with Gasteiger partial charge in [0.25, 0.3) is 10.0 Å². The molecule has 0 aromatic carbocycles. The molecule has 1 heterocycles. The summed E-state index contributed by atoms with van der Waals surface area (Å²) in [7, 11) is -0.112. The maximum atomic E-state index is 12.5. The fraction of sp³-hybridized carbons (Fsp3) is 0.769. The van der Waals surface area contributed by atoms with Crippen LogP contribution in [0.2, 0.25) is 0 Å². The standard InChI is InChI=1S/C13H23N3O3S/c1-10-14-13(8-15(10)2)20(18,19)16(3)12-6-4-11(9-17)5-7-12/h8,11-12,17H,4-7,9H2,1-3H3. The number of aryl methyl sites for hydroxylation is 2. The molecule has 6 nitrogen and oxygen atoms in total. The molecule has 0 aliphatic heterocycles. The van der Waals surface area contributed by atoms with E-state index in [2.05, 4.69) is 4.98 Å². The van der Waals surface area contributed by atoms with Crippen LogP contribution in [0.5, 0.6) is 0 Å². The molecule has 0 spiro atoms. The summed E-state index contributed by atoms with van der Waals surface area (Å²) in [6, 6.07) is 0.00473. The number of sulfonamides is 1. The number of aromatic nitrogens is 2. The largest absolute Gasteiger partial charge is 0.396 e. The lowest BCUT2D eigenvalue weighted by atomic mass is 9.87. The molecule has 1 N–H and O–H groups in total. The quantitative estimate of drug-likeness (QED) is 0.896. The van der Waals surface area contributed by atoms with Crippen molar-refractivity contribution in [2.75, 3.05) is 13.7 Å². The zero-order valence-electron chi connectivity index (χ0n) is 12.3. The molecule has 0 bridgehead atoms. The smallest absolute Gasteiger partial charge is 0.262 e. The molecule has 1 saturated carbocycles. The van der Waals surface area contributed by atoms with Crippen LogP contribution in [0.4, 0.5) is 0 Å². The number of hydrogen-bond donors (Lipinski definition) is 1. The van der Waals surface area contributed by atoms with Gasteiger partial charge in [-0.2, -0.15) is 4.31 Å². The second-order valence-electron chi connectivity index (χ2n) is 5.62. The maximum absolute atomic E-state index is 12.5. The van der Waals surface area contributed by atoms with Crippen molar-refractivity contribution in [2.24, 2.45) is 13.0 Å². The van der Waals surface area contributed by atoms with E-state index < -0.39 is 10.0 Å². The molecule has 1 aliphatic rings. The first-order chi connectivity index (χ1) is 9.36. The summed E-state index contributed by atoms with van der Waals surface area (Å²) in [5.41, 5.74) is 0. The third-order valence-corrected chi connectivity index (χ3v) is 6.10. The van der Waals surface area contributed by atoms with E-state index in [0.717, 1.165) is 25.7 Å². The molecule has 0 unspecified atom stereocenters. The van der Waals surface area contributed by atoms with Crippen molar-refractivity contribution in [1.29, 1.82) is 0 Å². The van der Waals surface area contributed by atoms with Crippen LogP contribution in [0.15, 0.2) is 11.2 Å². The third kappa shape index (κ3) is 2.89. The molecule has 1 aliphatic carbocycles. The number of aliphatic hydroxyl groups excluding tert-OH is 1. The molecule has 1 aromatic heterocycles. The van der Waals surface area contributed by atoms with Gasteiger partial charge in [-0.05, 0) is 38.5 Å². The monoisotopic (exact) mass is 301 g/mol. The Balaban J connectivity index is 2.13. The van der Waals surface area contributed by atoms with Crippen LogP contribution in [-0.4, -0.2) is 47.1 Å². The maximum Gasteiger partial charge on any atom is 0.262 e. The summed E-state index contributed by atoms with van der Waals surface area (Å²) < 4.78 is 28.3. The van der Waals surface area contributed by atoms with E-state index >= 15 is 0 Å². The van der Waals surface area contributed by atoms with Crippen LogP contribution in [0.1, 0.15) is 31.5 Å². The first-order valence-corrected chi connectivity index (χ1v) is 8.39. The minimum atomic E-state index is -3.53. The van der Waals surface area contributed by atoms with Crippen LogP contribution >= 0.6 is 0 Å². The molecule has 0 amide bonds. The second kappa shape index (κ2) is 5.83. The van der Waals surface area contributed by atoms with E-state index in [1.165, 1.54) is 4.31 Å². The summed E-state index contributed by atoms with van der Waals surface area (Å²) in [6.45, 7) is 1.98. The van der Waals surface area contributed by atoms with Gasteiger partial charge in [-0.25, -0.2) is 13.4 Å². The summed E-state index contributed by atoms with van der Waals surface area (Å²) in [5.74, 6) is 1.00. The van der Waals surface area contributed by atoms with Gasteiger partial charge in [-0.3, -0.25) is 0 Å². The third-order valence-electron chi connectivity index (χ3n) is 4.32. The van der Waals surface area contributed by atoms with Crippen molar-refractivity contribution < 1.29 is 13.5 Å². The van der Waals surface area contributed by atoms with Gasteiger partial charge in [-0.15, -0.1) is 0 Å². The highest BCUT2D eigenvalue weighted by Gasteiger charge is 2.32. The van der Waals surface area contributed by atoms with Gasteiger partial charge in [0.05, 0.1) is 0 Å². The minimum Gasteiger partial charge on any atom is -0.396 e. The van der Waals surface area contributed by atoms with Crippen molar-refractivity contribution in [3.8, 4) is 0 Å². The highest BCUT2D eigenvalue weighted by Crippen LogP contribution is 2.29. The fourth-order valence-corrected chi connectivity index (χ4v) is 4.12. The van der Waals surface area contributed by atoms with Gasteiger partial charge < -0.3 is 9.67 Å². The fourth-order valence-electron chi connectivity index (χ4n) is 2.69. The van der Waals surface area contributed by atoms with E-state index in [-0.39, 0.29) is 17.7 Å². The number of imidazole rings is 1. The Labute approximate surface area is 120 Å². The van der Waals surface area contributed by atoms with Crippen LogP contribution in [-0.2, 0) is 17.1 Å². The van der Waals surface area contributed by atoms with Crippen LogP contribution < -0.4 is 0 Å². The molecule has 7 heteroatoms. The number of aliphatic hydroxyl groups is 1. The van der Waals surface area contributed by atoms with Crippen LogP contribution in [0.25, 0.3) is 0 Å². The van der Waals surface area contributed by atoms with Crippen LogP contribution in [0, 0.1) is 12.8 Å². The topological polar surface area (TPSA) is 75.4 Å². The van der Waals surface area contributed by atoms with Gasteiger partial charge in [0.2, 0.25) is 0 Å². The molecule has 0 atom stereocenters. The molecular formula is C13H23N3O3S. The average molecular weight is 301 g/mol. The Bertz CT molecular complexity index is 540. The zero-order valence-corrected chi connectivity index (χ0v) is 13.1. The van der Waals surface area contributed by atoms with Crippen molar-refractivity contribution in [3.63, 3.8) is 0 Å². The molecule has 20 heavy (non-hydrogen) atoms. The predicted molar refractivity (Wildman–Crippen MR) is 75.7 cm³/mol. The molecular weight excluding hydrogens is 278 g/mol. The Morgan fingerprint density at radius 2 is 2.00 bits per heavy atom. The highest BCUT2D eigenvalue weighted by molar-refractivity contribution is 7.89. The Hall–Kier alpha value is -0.920. The van der Waals surface area contributed by atoms with Crippen molar-refractivity contribution >= 4 is 10.0 Å². The lowest BCUT2D eigenvalue weighted by Crippen LogP contribution is -2.40. The van der Waals surface area contributed by atoms with Gasteiger partial charge >= 0.3 is 0 Å². The lowest BCUT2D eigenvalue weighted by Gasteiger charge is -2.32. The zero-order chi connectivity index (χ0) is 14.9. The van der Waals surface area contributed by atoms with Gasteiger partial charge in [-0.1, -0.05) is 0 Å². The minimum absolute atomic E-state index is 0.00473. The summed E-state index contributed by atoms with van der Waals surface area (Å²) in [4.78, 5) is 4.12. The Morgan fingerprint density at radius 3 is 2.45 bits per heavy atom. The van der Waals surface area contributed by atoms with E-state index in [1.54, 1.807) is 31.8 Å². The molecule has 2 rings (SSSR count).